The molecular formula is C7H11FN2. The zero-order valence-electron chi connectivity index (χ0n) is 5.89. The molecule has 0 radical (unpaired) electrons. The van der Waals surface area contributed by atoms with Crippen LogP contribution in [0.4, 0.5) is 4.39 Å². The third-order valence-corrected chi connectivity index (χ3v) is 1.51. The number of nitrogens with two attached hydrogens (primary N) is 1. The Morgan fingerprint density at radius 2 is 2.50 bits per heavy atom. The Bertz CT molecular complexity index is 207. The van der Waals surface area contributed by atoms with Crippen LogP contribution in [0.25, 0.3) is 0 Å². The molecule has 0 saturated heterocycles. The third-order valence-electron chi connectivity index (χ3n) is 1.51. The maximum atomic E-state index is 12.3. The van der Waals surface area contributed by atoms with E-state index in [2.05, 4.69) is 4.98 Å². The summed E-state index contributed by atoms with van der Waals surface area (Å²) in [5.74, 6) is -0.251. The summed E-state index contributed by atoms with van der Waals surface area (Å²) >= 11 is 0. The van der Waals surface area contributed by atoms with Gasteiger partial charge >= 0.3 is 0 Å². The maximum Gasteiger partial charge on any atom is 0.140 e. The summed E-state index contributed by atoms with van der Waals surface area (Å²) in [6.45, 7) is 1.96. The molecule has 3 N–H and O–H groups in total. The Hall–Kier alpha value is -0.830. The molecule has 0 spiro atoms. The van der Waals surface area contributed by atoms with E-state index < -0.39 is 0 Å². The molecule has 1 rings (SSSR count). The summed E-state index contributed by atoms with van der Waals surface area (Å²) in [5, 5.41) is 0. The quantitative estimate of drug-likeness (QED) is 0.646. The highest BCUT2D eigenvalue weighted by molar-refractivity contribution is 5.09. The first-order valence-corrected chi connectivity index (χ1v) is 3.33. The SMILES string of the molecule is CC[C@H](N)c1cc(F)c[nH]1. The van der Waals surface area contributed by atoms with Crippen molar-refractivity contribution in [2.45, 2.75) is 19.4 Å². The second-order valence-electron chi connectivity index (χ2n) is 2.29. The fourth-order valence-electron chi connectivity index (χ4n) is 0.818. The van der Waals surface area contributed by atoms with Gasteiger partial charge in [-0.05, 0) is 12.5 Å². The third kappa shape index (κ3) is 1.36. The molecule has 10 heavy (non-hydrogen) atoms. The van der Waals surface area contributed by atoms with Crippen molar-refractivity contribution in [3.8, 4) is 0 Å². The summed E-state index contributed by atoms with van der Waals surface area (Å²) in [7, 11) is 0. The molecule has 0 saturated carbocycles. The Morgan fingerprint density at radius 1 is 1.80 bits per heavy atom. The number of nitrogens with one attached hydrogen (secondary N) is 1. The monoisotopic (exact) mass is 142 g/mol. The topological polar surface area (TPSA) is 41.8 Å². The van der Waals surface area contributed by atoms with Gasteiger partial charge < -0.3 is 10.7 Å². The van der Waals surface area contributed by atoms with E-state index in [1.165, 1.54) is 12.3 Å². The molecule has 1 aromatic rings. The molecule has 0 unspecified atom stereocenters. The van der Waals surface area contributed by atoms with Gasteiger partial charge in [0, 0.05) is 17.9 Å². The number of hydrogen-bond donors (Lipinski definition) is 2. The van der Waals surface area contributed by atoms with Gasteiger partial charge in [0.15, 0.2) is 0 Å². The lowest BCUT2D eigenvalue weighted by Crippen LogP contribution is -2.08. The second-order valence-corrected chi connectivity index (χ2v) is 2.29. The predicted molar refractivity (Wildman–Crippen MR) is 38.0 cm³/mol. The molecule has 0 aliphatic rings. The van der Waals surface area contributed by atoms with Crippen LogP contribution in [0.3, 0.4) is 0 Å². The summed E-state index contributed by atoms with van der Waals surface area (Å²) < 4.78 is 12.3. The lowest BCUT2D eigenvalue weighted by Gasteiger charge is -2.03. The maximum absolute atomic E-state index is 12.3. The Kier molecular flexibility index (Phi) is 2.06. The van der Waals surface area contributed by atoms with Gasteiger partial charge in [-0.1, -0.05) is 6.92 Å². The fourth-order valence-corrected chi connectivity index (χ4v) is 0.818. The van der Waals surface area contributed by atoms with E-state index in [4.69, 9.17) is 5.73 Å². The van der Waals surface area contributed by atoms with Crippen LogP contribution in [0.1, 0.15) is 25.1 Å². The smallest absolute Gasteiger partial charge is 0.140 e. The standard InChI is InChI=1S/C7H11FN2/c1-2-6(9)7-3-5(8)4-10-7/h3-4,6,10H,2,9H2,1H3/t6-/m0/s1. The van der Waals surface area contributed by atoms with Crippen LogP contribution in [0.5, 0.6) is 0 Å². The van der Waals surface area contributed by atoms with Gasteiger partial charge in [-0.3, -0.25) is 0 Å². The molecule has 1 heterocycles. The summed E-state index contributed by atoms with van der Waals surface area (Å²) in [6, 6.07) is 1.36. The van der Waals surface area contributed by atoms with E-state index in [1.807, 2.05) is 6.92 Å². The van der Waals surface area contributed by atoms with Crippen LogP contribution in [0, 0.1) is 5.82 Å². The van der Waals surface area contributed by atoms with Crippen molar-refractivity contribution >= 4 is 0 Å². The van der Waals surface area contributed by atoms with Crippen molar-refractivity contribution in [3.63, 3.8) is 0 Å². The molecule has 3 heteroatoms. The number of aromatic nitrogens is 1. The largest absolute Gasteiger partial charge is 0.361 e. The van der Waals surface area contributed by atoms with Gasteiger partial charge in [-0.15, -0.1) is 0 Å². The second kappa shape index (κ2) is 2.84. The first-order chi connectivity index (χ1) is 4.74. The van der Waals surface area contributed by atoms with Crippen LogP contribution >= 0.6 is 0 Å². The molecule has 56 valence electrons. The molecule has 1 atom stereocenters. The zero-order valence-corrected chi connectivity index (χ0v) is 5.89. The molecular weight excluding hydrogens is 131 g/mol. The predicted octanol–water partition coefficient (Wildman–Crippen LogP) is 1.56. The van der Waals surface area contributed by atoms with Crippen LogP contribution in [0.15, 0.2) is 12.3 Å². The molecule has 0 aliphatic heterocycles. The number of aromatic amines is 1. The minimum Gasteiger partial charge on any atom is -0.361 e. The molecule has 0 aromatic carbocycles. The average Bonchev–Trinajstić information content (AvgIpc) is 2.34. The first kappa shape index (κ1) is 7.28. The lowest BCUT2D eigenvalue weighted by molar-refractivity contribution is 0.627. The number of hydrogen-bond acceptors (Lipinski definition) is 1. The van der Waals surface area contributed by atoms with Gasteiger partial charge in [0.05, 0.1) is 0 Å². The van der Waals surface area contributed by atoms with E-state index >= 15 is 0 Å². The number of H-pyrrole nitrogens is 1. The number of halogens is 1. The normalized spacial score (nSPS) is 13.5. The lowest BCUT2D eigenvalue weighted by atomic mass is 10.2. The van der Waals surface area contributed by atoms with Crippen molar-refractivity contribution in [1.82, 2.24) is 4.98 Å². The van der Waals surface area contributed by atoms with Gasteiger partial charge in [0.2, 0.25) is 0 Å². The first-order valence-electron chi connectivity index (χ1n) is 3.33. The fraction of sp³-hybridized carbons (Fsp3) is 0.429. The highest BCUT2D eigenvalue weighted by Crippen LogP contribution is 2.11. The van der Waals surface area contributed by atoms with Crippen molar-refractivity contribution in [2.75, 3.05) is 0 Å². The van der Waals surface area contributed by atoms with E-state index in [-0.39, 0.29) is 11.9 Å². The van der Waals surface area contributed by atoms with Crippen LogP contribution in [0.2, 0.25) is 0 Å². The van der Waals surface area contributed by atoms with Crippen LogP contribution < -0.4 is 5.73 Å². The molecule has 0 amide bonds. The highest BCUT2D eigenvalue weighted by atomic mass is 19.1. The van der Waals surface area contributed by atoms with Gasteiger partial charge in [-0.2, -0.15) is 0 Å². The van der Waals surface area contributed by atoms with Gasteiger partial charge in [-0.25, -0.2) is 4.39 Å². The summed E-state index contributed by atoms with van der Waals surface area (Å²) in [4.78, 5) is 2.76. The average molecular weight is 142 g/mol. The summed E-state index contributed by atoms with van der Waals surface area (Å²) in [5.41, 5.74) is 6.37. The zero-order chi connectivity index (χ0) is 7.56. The molecule has 0 aliphatic carbocycles. The minimum absolute atomic E-state index is 0.0653. The van der Waals surface area contributed by atoms with Crippen molar-refractivity contribution < 1.29 is 4.39 Å². The Balaban J connectivity index is 2.74. The minimum atomic E-state index is -0.251. The van der Waals surface area contributed by atoms with E-state index in [0.29, 0.717) is 0 Å². The van der Waals surface area contributed by atoms with Crippen molar-refractivity contribution in [1.29, 1.82) is 0 Å². The molecule has 0 fully saturated rings. The highest BCUT2D eigenvalue weighted by Gasteiger charge is 2.04. The molecule has 2 nitrogen and oxygen atoms in total. The molecule has 0 bridgehead atoms. The van der Waals surface area contributed by atoms with E-state index in [9.17, 15) is 4.39 Å². The van der Waals surface area contributed by atoms with Crippen LogP contribution in [-0.4, -0.2) is 4.98 Å². The van der Waals surface area contributed by atoms with E-state index in [1.54, 1.807) is 0 Å². The van der Waals surface area contributed by atoms with Gasteiger partial charge in [0.25, 0.3) is 0 Å². The van der Waals surface area contributed by atoms with Crippen molar-refractivity contribution in [2.24, 2.45) is 5.73 Å². The summed E-state index contributed by atoms with van der Waals surface area (Å²) in [6.07, 6.45) is 2.13. The van der Waals surface area contributed by atoms with E-state index in [0.717, 1.165) is 12.1 Å². The van der Waals surface area contributed by atoms with Crippen molar-refractivity contribution in [3.05, 3.63) is 23.8 Å². The Morgan fingerprint density at radius 3 is 2.90 bits per heavy atom. The molecule has 1 aromatic heterocycles. The Labute approximate surface area is 59.2 Å². The van der Waals surface area contributed by atoms with Crippen LogP contribution in [-0.2, 0) is 0 Å². The van der Waals surface area contributed by atoms with Gasteiger partial charge in [0.1, 0.15) is 5.82 Å². The number of rotatable bonds is 2.